The third-order valence-electron chi connectivity index (χ3n) is 9.45. The number of rotatable bonds is 22. The van der Waals surface area contributed by atoms with Crippen LogP contribution in [-0.2, 0) is 29.9 Å². The van der Waals surface area contributed by atoms with Gasteiger partial charge in [-0.2, -0.15) is 0 Å². The molecule has 0 aliphatic carbocycles. The number of carbonyl (C=O) groups excluding carboxylic acids is 2. The van der Waals surface area contributed by atoms with Crippen LogP contribution in [0.5, 0.6) is 0 Å². The van der Waals surface area contributed by atoms with Crippen LogP contribution in [0.3, 0.4) is 0 Å². The van der Waals surface area contributed by atoms with Crippen molar-refractivity contribution < 1.29 is 33.5 Å². The highest BCUT2D eigenvalue weighted by Crippen LogP contribution is 2.31. The summed E-state index contributed by atoms with van der Waals surface area (Å²) in [6.45, 7) is 6.87. The van der Waals surface area contributed by atoms with Gasteiger partial charge in [0.25, 0.3) is 0 Å². The maximum Gasteiger partial charge on any atom is 0.306 e. The van der Waals surface area contributed by atoms with E-state index in [4.69, 9.17) is 21.1 Å². The fourth-order valence-corrected chi connectivity index (χ4v) is 7.88. The number of likely N-dealkylation sites (tertiary alicyclic amines) is 1. The molecule has 2 aliphatic heterocycles. The Morgan fingerprint density at radius 3 is 2.02 bits per heavy atom. The van der Waals surface area contributed by atoms with Crippen LogP contribution >= 0.6 is 11.6 Å². The second-order valence-corrected chi connectivity index (χ2v) is 15.6. The lowest BCUT2D eigenvalue weighted by Gasteiger charge is -2.45. The molecule has 2 rings (SSSR count). The number of alkyl halides is 1. The summed E-state index contributed by atoms with van der Waals surface area (Å²) in [7, 11) is 0.255. The highest BCUT2D eigenvalue weighted by molar-refractivity contribution is 7.84. The number of hydrogen-bond acceptors (Lipinski definition) is 8. The van der Waals surface area contributed by atoms with Gasteiger partial charge in [0.2, 0.25) is 5.91 Å². The lowest BCUT2D eigenvalue weighted by atomic mass is 9.92. The summed E-state index contributed by atoms with van der Waals surface area (Å²) in [5.41, 5.74) is -1.18. The summed E-state index contributed by atoms with van der Waals surface area (Å²) in [6.07, 6.45) is 14.5. The number of halogens is 1. The van der Waals surface area contributed by atoms with Crippen LogP contribution in [-0.4, -0.2) is 98.4 Å². The first-order chi connectivity index (χ1) is 21.5. The van der Waals surface area contributed by atoms with E-state index in [-0.39, 0.29) is 18.4 Å². The summed E-state index contributed by atoms with van der Waals surface area (Å²) in [6, 6.07) is -1.20. The summed E-state index contributed by atoms with van der Waals surface area (Å²) in [5.74, 6) is -0.310. The van der Waals surface area contributed by atoms with Crippen molar-refractivity contribution in [3.63, 3.8) is 0 Å². The Hall–Kier alpha value is -0.780. The predicted octanol–water partition coefficient (Wildman–Crippen LogP) is 5.44. The van der Waals surface area contributed by atoms with Gasteiger partial charge in [-0.3, -0.25) is 18.7 Å². The molecule has 0 radical (unpaired) electrons. The van der Waals surface area contributed by atoms with Gasteiger partial charge < -0.3 is 25.0 Å². The predicted molar refractivity (Wildman–Crippen MR) is 182 cm³/mol. The molecule has 1 amide bonds. The molecule has 0 aromatic carbocycles. The van der Waals surface area contributed by atoms with E-state index in [1.165, 1.54) is 64.0 Å². The zero-order valence-electron chi connectivity index (χ0n) is 28.6. The number of unbranched alkanes of at least 4 members (excludes halogenated alkanes) is 12. The number of likely N-dealkylation sites (N-methyl/N-ethyl adjacent to an activating group) is 1. The van der Waals surface area contributed by atoms with Gasteiger partial charge in [0, 0.05) is 19.2 Å². The van der Waals surface area contributed by atoms with Gasteiger partial charge in [0.05, 0.1) is 28.3 Å². The van der Waals surface area contributed by atoms with Crippen LogP contribution in [0, 0.1) is 5.92 Å². The van der Waals surface area contributed by atoms with E-state index in [9.17, 15) is 24.0 Å². The summed E-state index contributed by atoms with van der Waals surface area (Å²) in [5, 5.41) is 24.4. The molecule has 2 saturated heterocycles. The zero-order chi connectivity index (χ0) is 33.4. The first-order valence-corrected chi connectivity index (χ1v) is 19.7. The Morgan fingerprint density at radius 2 is 1.51 bits per heavy atom. The van der Waals surface area contributed by atoms with Crippen molar-refractivity contribution >= 4 is 34.3 Å². The van der Waals surface area contributed by atoms with Crippen molar-refractivity contribution in [2.24, 2.45) is 5.92 Å². The van der Waals surface area contributed by atoms with Crippen LogP contribution in [0.25, 0.3) is 0 Å². The van der Waals surface area contributed by atoms with Crippen LogP contribution in [0.15, 0.2) is 0 Å². The largest absolute Gasteiger partial charge is 0.456 e. The molecule has 0 aromatic rings. The third-order valence-corrected chi connectivity index (χ3v) is 10.8. The van der Waals surface area contributed by atoms with E-state index < -0.39 is 58.0 Å². The van der Waals surface area contributed by atoms with Crippen LogP contribution in [0.1, 0.15) is 130 Å². The number of nitrogens with one attached hydrogen (secondary N) is 1. The minimum atomic E-state index is -1.66. The SMILES string of the molecule is CCCCCCCCCCCCCCCC(=O)O[C@@H]1[C@@H](O)[C@@H](O)[C@@H]([C@H](NC(=O)[C@@H]2C[C@@H](CCC)CN2C)[C@@H](C)Cl)O[C@@H]1[S@@](C)=O. The molecule has 2 aliphatic rings. The van der Waals surface area contributed by atoms with Gasteiger partial charge in [-0.15, -0.1) is 11.6 Å². The van der Waals surface area contributed by atoms with Crippen molar-refractivity contribution in [2.45, 2.75) is 177 Å². The maximum atomic E-state index is 13.3. The standard InChI is InChI=1S/C34H63ClN2O7S/c1-6-8-9-10-11-12-13-14-15-16-17-18-19-21-27(38)43-32-30(40)29(39)31(44-34(32)45(5)42)28(24(3)35)36-33(41)26-22-25(20-7-2)23-37(26)4/h24-26,28-32,34,39-40H,6-23H2,1-5H3,(H,36,41)/t24-,25-,26+,28-,29-,30+,31-,32-,34-,45-/m1/s1. The van der Waals surface area contributed by atoms with Crippen molar-refractivity contribution in [3.05, 3.63) is 0 Å². The van der Waals surface area contributed by atoms with E-state index in [1.807, 2.05) is 11.9 Å². The maximum absolute atomic E-state index is 13.3. The topological polar surface area (TPSA) is 125 Å². The van der Waals surface area contributed by atoms with E-state index in [0.717, 1.165) is 45.1 Å². The fourth-order valence-electron chi connectivity index (χ4n) is 6.80. The number of hydrogen-bond donors (Lipinski definition) is 3. The first-order valence-electron chi connectivity index (χ1n) is 17.7. The van der Waals surface area contributed by atoms with E-state index in [1.54, 1.807) is 6.92 Å². The number of ether oxygens (including phenoxy) is 2. The Morgan fingerprint density at radius 1 is 0.956 bits per heavy atom. The van der Waals surface area contributed by atoms with E-state index in [0.29, 0.717) is 12.3 Å². The van der Waals surface area contributed by atoms with Gasteiger partial charge in [0.15, 0.2) is 11.5 Å². The van der Waals surface area contributed by atoms with Crippen LogP contribution in [0.2, 0.25) is 0 Å². The highest BCUT2D eigenvalue weighted by Gasteiger charge is 2.52. The number of carbonyl (C=O) groups is 2. The van der Waals surface area contributed by atoms with Gasteiger partial charge >= 0.3 is 5.97 Å². The second kappa shape index (κ2) is 22.0. The molecule has 264 valence electrons. The monoisotopic (exact) mass is 678 g/mol. The second-order valence-electron chi connectivity index (χ2n) is 13.5. The lowest BCUT2D eigenvalue weighted by Crippen LogP contribution is -2.66. The molecular weight excluding hydrogens is 616 g/mol. The normalized spacial score (nSPS) is 29.3. The molecule has 3 N–H and O–H groups in total. The third kappa shape index (κ3) is 13.7. The summed E-state index contributed by atoms with van der Waals surface area (Å²) >= 11 is 6.49. The molecule has 10 atom stereocenters. The van der Waals surface area contributed by atoms with Gasteiger partial charge in [-0.05, 0) is 39.2 Å². The molecule has 45 heavy (non-hydrogen) atoms. The van der Waals surface area contributed by atoms with Crippen molar-refractivity contribution in [3.8, 4) is 0 Å². The lowest BCUT2D eigenvalue weighted by molar-refractivity contribution is -0.219. The number of aliphatic hydroxyl groups is 2. The van der Waals surface area contributed by atoms with Crippen LogP contribution < -0.4 is 5.32 Å². The Balaban J connectivity index is 1.82. The zero-order valence-corrected chi connectivity index (χ0v) is 30.2. The fraction of sp³-hybridized carbons (Fsp3) is 0.941. The van der Waals surface area contributed by atoms with Gasteiger partial charge in [0.1, 0.15) is 18.3 Å². The summed E-state index contributed by atoms with van der Waals surface area (Å²) in [4.78, 5) is 28.0. The van der Waals surface area contributed by atoms with Crippen molar-refractivity contribution in [1.29, 1.82) is 0 Å². The molecule has 0 spiro atoms. The molecule has 0 aromatic heterocycles. The average molecular weight is 679 g/mol. The van der Waals surface area contributed by atoms with Gasteiger partial charge in [-0.1, -0.05) is 97.3 Å². The molecular formula is C34H63ClN2O7S. The molecule has 0 bridgehead atoms. The van der Waals surface area contributed by atoms with Crippen molar-refractivity contribution in [1.82, 2.24) is 10.2 Å². The average Bonchev–Trinajstić information content (AvgIpc) is 3.36. The summed E-state index contributed by atoms with van der Waals surface area (Å²) < 4.78 is 24.3. The molecule has 9 nitrogen and oxygen atoms in total. The quantitative estimate of drug-likeness (QED) is 0.0786. The highest BCUT2D eigenvalue weighted by atomic mass is 35.5. The minimum absolute atomic E-state index is 0.175. The van der Waals surface area contributed by atoms with Crippen LogP contribution in [0.4, 0.5) is 0 Å². The molecule has 0 unspecified atom stereocenters. The molecule has 0 saturated carbocycles. The number of esters is 1. The Bertz CT molecular complexity index is 881. The Labute approximate surface area is 280 Å². The molecule has 11 heteroatoms. The van der Waals surface area contributed by atoms with Crippen molar-refractivity contribution in [2.75, 3.05) is 19.8 Å². The number of aliphatic hydroxyl groups excluding tert-OH is 2. The molecule has 2 heterocycles. The van der Waals surface area contributed by atoms with Gasteiger partial charge in [-0.25, -0.2) is 0 Å². The number of amides is 1. The van der Waals surface area contributed by atoms with E-state index in [2.05, 4.69) is 19.2 Å². The number of nitrogens with zero attached hydrogens (tertiary/aromatic N) is 1. The minimum Gasteiger partial charge on any atom is -0.456 e. The smallest absolute Gasteiger partial charge is 0.306 e. The Kier molecular flexibility index (Phi) is 19.7. The molecule has 2 fully saturated rings. The first kappa shape index (κ1) is 40.4. The van der Waals surface area contributed by atoms with E-state index >= 15 is 0 Å².